The van der Waals surface area contributed by atoms with Crippen molar-refractivity contribution in [2.45, 2.75) is 13.8 Å². The van der Waals surface area contributed by atoms with Gasteiger partial charge < -0.3 is 5.11 Å². The topological polar surface area (TPSA) is 101 Å². The molecule has 0 aliphatic carbocycles. The van der Waals surface area contributed by atoms with E-state index in [9.17, 15) is 4.79 Å². The van der Waals surface area contributed by atoms with E-state index in [0.29, 0.717) is 22.5 Å². The standard InChI is InChI=1S/C14H13N5O2/c1-9-10(2)18-19-14(16-9)17-13(21)12-5-6-15-8-11(12)4-3-7-20/h5-6,8,20H,7H2,1-2H3,(H,16,17,19,21). The maximum Gasteiger partial charge on any atom is 0.259 e. The summed E-state index contributed by atoms with van der Waals surface area (Å²) in [5.41, 5.74) is 2.13. The average molecular weight is 283 g/mol. The third-order valence-electron chi connectivity index (χ3n) is 2.69. The average Bonchev–Trinajstić information content (AvgIpc) is 2.49. The molecule has 7 nitrogen and oxygen atoms in total. The van der Waals surface area contributed by atoms with Crippen LogP contribution in [0.3, 0.4) is 0 Å². The van der Waals surface area contributed by atoms with Gasteiger partial charge >= 0.3 is 0 Å². The van der Waals surface area contributed by atoms with E-state index in [1.54, 1.807) is 13.8 Å². The number of nitrogens with one attached hydrogen (secondary N) is 1. The number of aliphatic hydroxyl groups is 1. The Hall–Kier alpha value is -2.85. The summed E-state index contributed by atoms with van der Waals surface area (Å²) in [5, 5.41) is 19.0. The van der Waals surface area contributed by atoms with E-state index in [2.05, 4.69) is 37.3 Å². The number of rotatable bonds is 2. The number of pyridine rings is 1. The van der Waals surface area contributed by atoms with E-state index in [4.69, 9.17) is 5.11 Å². The lowest BCUT2D eigenvalue weighted by Gasteiger charge is -2.06. The lowest BCUT2D eigenvalue weighted by atomic mass is 10.1. The van der Waals surface area contributed by atoms with Gasteiger partial charge in [-0.1, -0.05) is 11.8 Å². The van der Waals surface area contributed by atoms with E-state index in [-0.39, 0.29) is 12.6 Å². The predicted octanol–water partition coefficient (Wildman–Crippen LogP) is 0.480. The lowest BCUT2D eigenvalue weighted by Crippen LogP contribution is -2.17. The highest BCUT2D eigenvalue weighted by atomic mass is 16.2. The van der Waals surface area contributed by atoms with Crippen LogP contribution in [-0.2, 0) is 0 Å². The molecule has 2 aromatic heterocycles. The van der Waals surface area contributed by atoms with Gasteiger partial charge in [-0.15, -0.1) is 5.10 Å². The molecule has 2 rings (SSSR count). The molecule has 1 amide bonds. The molecule has 2 N–H and O–H groups in total. The van der Waals surface area contributed by atoms with Crippen molar-refractivity contribution >= 4 is 11.9 Å². The smallest absolute Gasteiger partial charge is 0.259 e. The van der Waals surface area contributed by atoms with Crippen LogP contribution in [0, 0.1) is 25.7 Å². The molecule has 0 atom stereocenters. The van der Waals surface area contributed by atoms with Crippen LogP contribution in [0.2, 0.25) is 0 Å². The molecule has 0 aliphatic rings. The third-order valence-corrected chi connectivity index (χ3v) is 2.69. The minimum Gasteiger partial charge on any atom is -0.384 e. The zero-order chi connectivity index (χ0) is 15.2. The van der Waals surface area contributed by atoms with Crippen LogP contribution in [0.1, 0.15) is 27.3 Å². The monoisotopic (exact) mass is 283 g/mol. The Morgan fingerprint density at radius 1 is 1.33 bits per heavy atom. The van der Waals surface area contributed by atoms with Crippen molar-refractivity contribution in [1.82, 2.24) is 20.2 Å². The first-order valence-corrected chi connectivity index (χ1v) is 6.15. The molecule has 21 heavy (non-hydrogen) atoms. The summed E-state index contributed by atoms with van der Waals surface area (Å²) in [6, 6.07) is 1.53. The van der Waals surface area contributed by atoms with Gasteiger partial charge in [0.05, 0.1) is 22.5 Å². The number of amides is 1. The molecule has 0 fully saturated rings. The van der Waals surface area contributed by atoms with Crippen molar-refractivity contribution in [2.24, 2.45) is 0 Å². The van der Waals surface area contributed by atoms with Gasteiger partial charge in [0.15, 0.2) is 0 Å². The molecule has 106 valence electrons. The summed E-state index contributed by atoms with van der Waals surface area (Å²) in [4.78, 5) is 20.3. The predicted molar refractivity (Wildman–Crippen MR) is 75.5 cm³/mol. The number of aromatic nitrogens is 4. The van der Waals surface area contributed by atoms with Gasteiger partial charge in [0.1, 0.15) is 6.61 Å². The Labute approximate surface area is 121 Å². The summed E-state index contributed by atoms with van der Waals surface area (Å²) in [7, 11) is 0. The Bertz CT molecular complexity index is 734. The maximum absolute atomic E-state index is 12.2. The van der Waals surface area contributed by atoms with Crippen molar-refractivity contribution in [1.29, 1.82) is 0 Å². The van der Waals surface area contributed by atoms with Crippen LogP contribution in [0.5, 0.6) is 0 Å². The molecule has 0 bridgehead atoms. The zero-order valence-electron chi connectivity index (χ0n) is 11.6. The summed E-state index contributed by atoms with van der Waals surface area (Å²) >= 11 is 0. The molecule has 0 spiro atoms. The first-order chi connectivity index (χ1) is 10.1. The number of hydrogen-bond acceptors (Lipinski definition) is 6. The lowest BCUT2D eigenvalue weighted by molar-refractivity contribution is 0.102. The molecule has 7 heteroatoms. The second kappa shape index (κ2) is 6.54. The Balaban J connectivity index is 2.26. The van der Waals surface area contributed by atoms with Crippen molar-refractivity contribution in [3.63, 3.8) is 0 Å². The Kier molecular flexibility index (Phi) is 4.53. The van der Waals surface area contributed by atoms with E-state index < -0.39 is 5.91 Å². The molecular weight excluding hydrogens is 270 g/mol. The molecule has 0 unspecified atom stereocenters. The van der Waals surface area contributed by atoms with Gasteiger partial charge in [-0.25, -0.2) is 4.98 Å². The second-order valence-corrected chi connectivity index (χ2v) is 4.14. The number of carbonyl (C=O) groups excluding carboxylic acids is 1. The number of aliphatic hydroxyl groups excluding tert-OH is 1. The van der Waals surface area contributed by atoms with E-state index >= 15 is 0 Å². The van der Waals surface area contributed by atoms with E-state index in [0.717, 1.165) is 0 Å². The molecule has 2 aromatic rings. The fraction of sp³-hybridized carbons (Fsp3) is 0.214. The first-order valence-electron chi connectivity index (χ1n) is 6.15. The van der Waals surface area contributed by atoms with E-state index in [1.165, 1.54) is 18.5 Å². The minimum atomic E-state index is -0.412. The fourth-order valence-electron chi connectivity index (χ4n) is 1.51. The molecular formula is C14H13N5O2. The summed E-state index contributed by atoms with van der Waals surface area (Å²) < 4.78 is 0. The number of anilines is 1. The van der Waals surface area contributed by atoms with Crippen LogP contribution < -0.4 is 5.32 Å². The molecule has 0 saturated carbocycles. The second-order valence-electron chi connectivity index (χ2n) is 4.14. The van der Waals surface area contributed by atoms with Crippen LogP contribution >= 0.6 is 0 Å². The summed E-state index contributed by atoms with van der Waals surface area (Å²) in [5.74, 6) is 4.87. The molecule has 0 radical (unpaired) electrons. The highest BCUT2D eigenvalue weighted by Gasteiger charge is 2.12. The minimum absolute atomic E-state index is 0.126. The van der Waals surface area contributed by atoms with Gasteiger partial charge in [-0.3, -0.25) is 15.1 Å². The van der Waals surface area contributed by atoms with Crippen LogP contribution in [0.15, 0.2) is 18.5 Å². The van der Waals surface area contributed by atoms with Crippen LogP contribution in [0.25, 0.3) is 0 Å². The van der Waals surface area contributed by atoms with Crippen molar-refractivity contribution in [3.8, 4) is 11.8 Å². The highest BCUT2D eigenvalue weighted by Crippen LogP contribution is 2.09. The van der Waals surface area contributed by atoms with Crippen LogP contribution in [-0.4, -0.2) is 37.8 Å². The van der Waals surface area contributed by atoms with Gasteiger partial charge in [0.25, 0.3) is 5.91 Å². The quantitative estimate of drug-likeness (QED) is 0.777. The molecule has 0 aromatic carbocycles. The molecule has 0 saturated heterocycles. The van der Waals surface area contributed by atoms with Gasteiger partial charge in [-0.05, 0) is 19.9 Å². The normalized spacial score (nSPS) is 9.67. The zero-order valence-corrected chi connectivity index (χ0v) is 11.6. The van der Waals surface area contributed by atoms with Crippen molar-refractivity contribution < 1.29 is 9.90 Å². The first kappa shape index (κ1) is 14.6. The number of carbonyl (C=O) groups is 1. The number of aryl methyl sites for hydroxylation is 2. The Morgan fingerprint density at radius 2 is 2.14 bits per heavy atom. The fourth-order valence-corrected chi connectivity index (χ4v) is 1.51. The van der Waals surface area contributed by atoms with Crippen molar-refractivity contribution in [2.75, 3.05) is 11.9 Å². The summed E-state index contributed by atoms with van der Waals surface area (Å²) in [6.45, 7) is 3.27. The van der Waals surface area contributed by atoms with Gasteiger partial charge in [0, 0.05) is 12.4 Å². The molecule has 2 heterocycles. The van der Waals surface area contributed by atoms with Gasteiger partial charge in [0.2, 0.25) is 5.95 Å². The van der Waals surface area contributed by atoms with E-state index in [1.807, 2.05) is 0 Å². The van der Waals surface area contributed by atoms with Crippen LogP contribution in [0.4, 0.5) is 5.95 Å². The largest absolute Gasteiger partial charge is 0.384 e. The number of nitrogens with zero attached hydrogens (tertiary/aromatic N) is 4. The number of hydrogen-bond donors (Lipinski definition) is 2. The van der Waals surface area contributed by atoms with Gasteiger partial charge in [-0.2, -0.15) is 5.10 Å². The summed E-state index contributed by atoms with van der Waals surface area (Å²) in [6.07, 6.45) is 2.94. The molecule has 0 aliphatic heterocycles. The Morgan fingerprint density at radius 3 is 2.86 bits per heavy atom. The third kappa shape index (κ3) is 3.58. The SMILES string of the molecule is Cc1nnc(NC(=O)c2ccncc2C#CCO)nc1C. The highest BCUT2D eigenvalue weighted by molar-refractivity contribution is 6.04. The van der Waals surface area contributed by atoms with Crippen molar-refractivity contribution in [3.05, 3.63) is 41.0 Å². The maximum atomic E-state index is 12.2.